The molecule has 1 aromatic carbocycles. The van der Waals surface area contributed by atoms with E-state index in [1.165, 1.54) is 19.3 Å². The monoisotopic (exact) mass is 406 g/mol. The fraction of sp³-hybridized carbons (Fsp3) is 0.636. The third kappa shape index (κ3) is 5.40. The van der Waals surface area contributed by atoms with Crippen LogP contribution in [0, 0.1) is 5.92 Å². The zero-order valence-corrected chi connectivity index (χ0v) is 17.6. The van der Waals surface area contributed by atoms with Crippen LogP contribution in [0.15, 0.2) is 24.3 Å². The van der Waals surface area contributed by atoms with E-state index in [-0.39, 0.29) is 17.9 Å². The first-order valence-corrected chi connectivity index (χ1v) is 10.8. The van der Waals surface area contributed by atoms with Crippen molar-refractivity contribution in [3.05, 3.63) is 29.3 Å². The van der Waals surface area contributed by atoms with Gasteiger partial charge in [-0.15, -0.1) is 0 Å². The Balaban J connectivity index is 1.48. The minimum absolute atomic E-state index is 0.0742. The molecule has 6 heteroatoms. The molecule has 154 valence electrons. The van der Waals surface area contributed by atoms with Crippen LogP contribution in [0.25, 0.3) is 0 Å². The highest BCUT2D eigenvalue weighted by Gasteiger charge is 2.34. The summed E-state index contributed by atoms with van der Waals surface area (Å²) in [5.41, 5.74) is -1.00. The van der Waals surface area contributed by atoms with Crippen LogP contribution in [-0.2, 0) is 9.59 Å². The SMILES string of the molecule is CC(C)(Oc1cccc(Cl)c1)C(=O)NC1CCN(C(=O)C2CCCCC2)CC1. The summed E-state index contributed by atoms with van der Waals surface area (Å²) in [6, 6.07) is 7.13. The topological polar surface area (TPSA) is 58.6 Å². The molecule has 1 saturated heterocycles. The van der Waals surface area contributed by atoms with Crippen molar-refractivity contribution in [3.63, 3.8) is 0 Å². The molecule has 2 aliphatic rings. The molecule has 5 nitrogen and oxygen atoms in total. The number of carbonyl (C=O) groups excluding carboxylic acids is 2. The van der Waals surface area contributed by atoms with Crippen LogP contribution >= 0.6 is 11.6 Å². The van der Waals surface area contributed by atoms with Gasteiger partial charge in [-0.25, -0.2) is 0 Å². The Kier molecular flexibility index (Phi) is 6.86. The Bertz CT molecular complexity index is 693. The van der Waals surface area contributed by atoms with Gasteiger partial charge in [-0.2, -0.15) is 0 Å². The molecular weight excluding hydrogens is 376 g/mol. The lowest BCUT2D eigenvalue weighted by Crippen LogP contribution is -2.53. The van der Waals surface area contributed by atoms with Gasteiger partial charge in [0.2, 0.25) is 5.91 Å². The van der Waals surface area contributed by atoms with Crippen molar-refractivity contribution in [3.8, 4) is 5.75 Å². The smallest absolute Gasteiger partial charge is 0.263 e. The zero-order valence-electron chi connectivity index (χ0n) is 16.9. The Morgan fingerprint density at radius 1 is 1.11 bits per heavy atom. The first kappa shape index (κ1) is 21.0. The summed E-state index contributed by atoms with van der Waals surface area (Å²) >= 11 is 5.99. The summed E-state index contributed by atoms with van der Waals surface area (Å²) in [5.74, 6) is 0.948. The van der Waals surface area contributed by atoms with E-state index in [1.54, 1.807) is 38.1 Å². The lowest BCUT2D eigenvalue weighted by atomic mass is 9.87. The molecule has 0 spiro atoms. The summed E-state index contributed by atoms with van der Waals surface area (Å²) < 4.78 is 5.86. The standard InChI is InChI=1S/C22H31ClN2O3/c1-22(2,28-19-10-6-9-17(23)15-19)21(27)24-18-11-13-25(14-12-18)20(26)16-7-4-3-5-8-16/h6,9-10,15-16,18H,3-5,7-8,11-14H2,1-2H3,(H,24,27). The van der Waals surface area contributed by atoms with E-state index in [0.29, 0.717) is 16.7 Å². The predicted molar refractivity (Wildman–Crippen MR) is 110 cm³/mol. The number of nitrogens with zero attached hydrogens (tertiary/aromatic N) is 1. The van der Waals surface area contributed by atoms with Crippen LogP contribution in [0.5, 0.6) is 5.75 Å². The molecule has 0 bridgehead atoms. The summed E-state index contributed by atoms with van der Waals surface area (Å²) in [6.45, 7) is 4.95. The van der Waals surface area contributed by atoms with Gasteiger partial charge < -0.3 is 15.0 Å². The van der Waals surface area contributed by atoms with Crippen LogP contribution < -0.4 is 10.1 Å². The average Bonchev–Trinajstić information content (AvgIpc) is 2.68. The number of nitrogens with one attached hydrogen (secondary N) is 1. The molecule has 0 atom stereocenters. The molecule has 0 aromatic heterocycles. The van der Waals surface area contributed by atoms with Gasteiger partial charge in [-0.3, -0.25) is 9.59 Å². The van der Waals surface area contributed by atoms with Gasteiger partial charge in [0.15, 0.2) is 5.60 Å². The Morgan fingerprint density at radius 3 is 2.43 bits per heavy atom. The van der Waals surface area contributed by atoms with Gasteiger partial charge in [0.05, 0.1) is 0 Å². The van der Waals surface area contributed by atoms with E-state index >= 15 is 0 Å². The molecule has 1 aliphatic heterocycles. The van der Waals surface area contributed by atoms with Crippen molar-refractivity contribution in [2.24, 2.45) is 5.92 Å². The van der Waals surface area contributed by atoms with E-state index < -0.39 is 5.60 Å². The van der Waals surface area contributed by atoms with Crippen molar-refractivity contribution >= 4 is 23.4 Å². The molecule has 2 amide bonds. The first-order chi connectivity index (χ1) is 13.3. The normalized spacial score (nSPS) is 19.3. The lowest BCUT2D eigenvalue weighted by molar-refractivity contribution is -0.138. The van der Waals surface area contributed by atoms with E-state index in [1.807, 2.05) is 4.90 Å². The molecular formula is C22H31ClN2O3. The Hall–Kier alpha value is -1.75. The van der Waals surface area contributed by atoms with Crippen LogP contribution in [-0.4, -0.2) is 41.4 Å². The molecule has 1 aliphatic carbocycles. The van der Waals surface area contributed by atoms with Gasteiger partial charge >= 0.3 is 0 Å². The van der Waals surface area contributed by atoms with Crippen molar-refractivity contribution in [2.45, 2.75) is 70.4 Å². The second kappa shape index (κ2) is 9.17. The average molecular weight is 407 g/mol. The van der Waals surface area contributed by atoms with Crippen LogP contribution in [0.1, 0.15) is 58.8 Å². The number of carbonyl (C=O) groups is 2. The number of piperidine rings is 1. The highest BCUT2D eigenvalue weighted by molar-refractivity contribution is 6.30. The highest BCUT2D eigenvalue weighted by atomic mass is 35.5. The summed E-state index contributed by atoms with van der Waals surface area (Å²) in [7, 11) is 0. The van der Waals surface area contributed by atoms with Crippen molar-refractivity contribution in [1.82, 2.24) is 10.2 Å². The molecule has 0 radical (unpaired) electrons. The predicted octanol–water partition coefficient (Wildman–Crippen LogP) is 4.18. The molecule has 2 fully saturated rings. The quantitative estimate of drug-likeness (QED) is 0.797. The minimum Gasteiger partial charge on any atom is -0.478 e. The summed E-state index contributed by atoms with van der Waals surface area (Å²) in [4.78, 5) is 27.4. The van der Waals surface area contributed by atoms with Crippen LogP contribution in [0.4, 0.5) is 0 Å². The fourth-order valence-corrected chi connectivity index (χ4v) is 4.26. The Labute approximate surface area is 172 Å². The molecule has 1 heterocycles. The second-order valence-corrected chi connectivity index (χ2v) is 8.91. The number of ether oxygens (including phenoxy) is 1. The van der Waals surface area contributed by atoms with E-state index in [2.05, 4.69) is 5.32 Å². The molecule has 3 rings (SSSR count). The highest BCUT2D eigenvalue weighted by Crippen LogP contribution is 2.27. The van der Waals surface area contributed by atoms with Crippen LogP contribution in [0.3, 0.4) is 0 Å². The van der Waals surface area contributed by atoms with Crippen molar-refractivity contribution in [1.29, 1.82) is 0 Å². The number of benzene rings is 1. The van der Waals surface area contributed by atoms with E-state index in [0.717, 1.165) is 38.8 Å². The molecule has 28 heavy (non-hydrogen) atoms. The number of halogens is 1. The number of hydrogen-bond acceptors (Lipinski definition) is 3. The maximum Gasteiger partial charge on any atom is 0.263 e. The van der Waals surface area contributed by atoms with Crippen molar-refractivity contribution < 1.29 is 14.3 Å². The minimum atomic E-state index is -1.00. The number of hydrogen-bond donors (Lipinski definition) is 1. The number of likely N-dealkylation sites (tertiary alicyclic amines) is 1. The lowest BCUT2D eigenvalue weighted by Gasteiger charge is -2.36. The third-order valence-electron chi connectivity index (χ3n) is 5.81. The van der Waals surface area contributed by atoms with Crippen molar-refractivity contribution in [2.75, 3.05) is 13.1 Å². The first-order valence-electron chi connectivity index (χ1n) is 10.4. The second-order valence-electron chi connectivity index (χ2n) is 8.48. The third-order valence-corrected chi connectivity index (χ3v) is 6.05. The van der Waals surface area contributed by atoms with Gasteiger partial charge in [-0.05, 0) is 57.7 Å². The van der Waals surface area contributed by atoms with Gasteiger partial charge in [0, 0.05) is 30.1 Å². The zero-order chi connectivity index (χ0) is 20.1. The molecule has 1 aromatic rings. The number of amides is 2. The summed E-state index contributed by atoms with van der Waals surface area (Å²) in [6.07, 6.45) is 7.24. The van der Waals surface area contributed by atoms with Gasteiger partial charge in [0.1, 0.15) is 5.75 Å². The van der Waals surface area contributed by atoms with Crippen LogP contribution in [0.2, 0.25) is 5.02 Å². The number of rotatable bonds is 5. The molecule has 0 unspecified atom stereocenters. The molecule has 1 saturated carbocycles. The fourth-order valence-electron chi connectivity index (χ4n) is 4.08. The summed E-state index contributed by atoms with van der Waals surface area (Å²) in [5, 5.41) is 3.67. The largest absolute Gasteiger partial charge is 0.478 e. The Morgan fingerprint density at radius 2 is 1.79 bits per heavy atom. The van der Waals surface area contributed by atoms with Gasteiger partial charge in [0.25, 0.3) is 5.91 Å². The van der Waals surface area contributed by atoms with E-state index in [4.69, 9.17) is 16.3 Å². The maximum absolute atomic E-state index is 12.7. The van der Waals surface area contributed by atoms with E-state index in [9.17, 15) is 9.59 Å². The van der Waals surface area contributed by atoms with Gasteiger partial charge in [-0.1, -0.05) is 36.9 Å². The maximum atomic E-state index is 12.7. The molecule has 1 N–H and O–H groups in total.